The van der Waals surface area contributed by atoms with Crippen LogP contribution in [0.25, 0.3) is 0 Å². The molecule has 0 saturated carbocycles. The Morgan fingerprint density at radius 1 is 1.30 bits per heavy atom. The standard InChI is InChI=1S/C16H21NO6/c1-3-22-16(20)9-12(18)10-4-5-11-13(8-10)23-14(17-11)6-7-15(19)21-2/h10H,3-9H2,1-2H3. The summed E-state index contributed by atoms with van der Waals surface area (Å²) in [4.78, 5) is 39.0. The van der Waals surface area contributed by atoms with Crippen molar-refractivity contribution in [2.24, 2.45) is 5.92 Å². The van der Waals surface area contributed by atoms with Crippen molar-refractivity contribution in [3.05, 3.63) is 17.3 Å². The average Bonchev–Trinajstić information content (AvgIpc) is 2.94. The van der Waals surface area contributed by atoms with Crippen LogP contribution in [-0.2, 0) is 43.1 Å². The lowest BCUT2D eigenvalue weighted by atomic mass is 9.86. The summed E-state index contributed by atoms with van der Waals surface area (Å²) in [5.41, 5.74) is 0.838. The molecule has 1 aliphatic carbocycles. The number of ether oxygens (including phenoxy) is 2. The minimum atomic E-state index is -0.486. The smallest absolute Gasteiger partial charge is 0.313 e. The van der Waals surface area contributed by atoms with Crippen LogP contribution in [0, 0.1) is 5.92 Å². The van der Waals surface area contributed by atoms with Crippen LogP contribution in [0.4, 0.5) is 0 Å². The van der Waals surface area contributed by atoms with Gasteiger partial charge in [-0.25, -0.2) is 4.98 Å². The van der Waals surface area contributed by atoms with Gasteiger partial charge in [-0.3, -0.25) is 14.4 Å². The second-order valence-corrected chi connectivity index (χ2v) is 5.44. The Kier molecular flexibility index (Phi) is 5.90. The van der Waals surface area contributed by atoms with Gasteiger partial charge in [-0.1, -0.05) is 0 Å². The summed E-state index contributed by atoms with van der Waals surface area (Å²) in [6.45, 7) is 1.98. The summed E-state index contributed by atoms with van der Waals surface area (Å²) in [6, 6.07) is 0. The first-order valence-electron chi connectivity index (χ1n) is 7.76. The van der Waals surface area contributed by atoms with Gasteiger partial charge in [-0.2, -0.15) is 0 Å². The van der Waals surface area contributed by atoms with Crippen molar-refractivity contribution in [2.75, 3.05) is 13.7 Å². The van der Waals surface area contributed by atoms with E-state index in [9.17, 15) is 14.4 Å². The molecule has 0 radical (unpaired) electrons. The number of carbonyl (C=O) groups is 3. The van der Waals surface area contributed by atoms with Crippen molar-refractivity contribution >= 4 is 17.7 Å². The first kappa shape index (κ1) is 17.2. The first-order chi connectivity index (χ1) is 11.0. The van der Waals surface area contributed by atoms with Gasteiger partial charge in [-0.15, -0.1) is 0 Å². The van der Waals surface area contributed by atoms with E-state index in [4.69, 9.17) is 9.15 Å². The molecule has 0 fully saturated rings. The van der Waals surface area contributed by atoms with Gasteiger partial charge in [-0.05, 0) is 19.8 Å². The summed E-state index contributed by atoms with van der Waals surface area (Å²) in [7, 11) is 1.34. The second kappa shape index (κ2) is 7.89. The fraction of sp³-hybridized carbons (Fsp3) is 0.625. The van der Waals surface area contributed by atoms with Crippen molar-refractivity contribution < 1.29 is 28.3 Å². The lowest BCUT2D eigenvalue weighted by Crippen LogP contribution is -2.25. The number of aryl methyl sites for hydroxylation is 2. The molecule has 1 unspecified atom stereocenters. The molecule has 23 heavy (non-hydrogen) atoms. The molecule has 7 heteroatoms. The molecule has 0 N–H and O–H groups in total. The Morgan fingerprint density at radius 2 is 2.09 bits per heavy atom. The molecule has 1 aromatic rings. The molecule has 1 atom stereocenters. The van der Waals surface area contributed by atoms with Crippen LogP contribution in [-0.4, -0.2) is 36.4 Å². The van der Waals surface area contributed by atoms with Gasteiger partial charge >= 0.3 is 11.9 Å². The van der Waals surface area contributed by atoms with Gasteiger partial charge in [0.25, 0.3) is 0 Å². The van der Waals surface area contributed by atoms with Crippen LogP contribution in [0.2, 0.25) is 0 Å². The molecule has 0 aromatic carbocycles. The zero-order valence-electron chi connectivity index (χ0n) is 13.4. The number of aromatic nitrogens is 1. The predicted octanol–water partition coefficient (Wildman–Crippen LogP) is 1.41. The number of fused-ring (bicyclic) bond motifs is 1. The van der Waals surface area contributed by atoms with Crippen molar-refractivity contribution in [3.8, 4) is 0 Å². The SMILES string of the molecule is CCOC(=O)CC(=O)C1CCc2nc(CCC(=O)OC)oc2C1. The number of ketones is 1. The average molecular weight is 323 g/mol. The van der Waals surface area contributed by atoms with Crippen molar-refractivity contribution in [1.29, 1.82) is 0 Å². The molecular formula is C16H21NO6. The number of hydrogen-bond donors (Lipinski definition) is 0. The normalized spacial score (nSPS) is 16.5. The number of esters is 2. The largest absolute Gasteiger partial charge is 0.469 e. The number of rotatable bonds is 7. The van der Waals surface area contributed by atoms with Gasteiger partial charge in [0.2, 0.25) is 0 Å². The number of Topliss-reactive ketones (excluding diaryl/α,β-unsaturated/α-hetero) is 1. The summed E-state index contributed by atoms with van der Waals surface area (Å²) in [6.07, 6.45) is 2.11. The highest BCUT2D eigenvalue weighted by Crippen LogP contribution is 2.27. The molecule has 0 spiro atoms. The Morgan fingerprint density at radius 3 is 2.78 bits per heavy atom. The van der Waals surface area contributed by atoms with E-state index < -0.39 is 5.97 Å². The molecular weight excluding hydrogens is 302 g/mol. The molecule has 2 rings (SSSR count). The van der Waals surface area contributed by atoms with Crippen LogP contribution < -0.4 is 0 Å². The van der Waals surface area contributed by atoms with Gasteiger partial charge in [0.05, 0.1) is 25.8 Å². The lowest BCUT2D eigenvalue weighted by Gasteiger charge is -2.18. The molecule has 1 aliphatic rings. The van der Waals surface area contributed by atoms with E-state index in [1.54, 1.807) is 6.92 Å². The third-order valence-corrected chi connectivity index (χ3v) is 3.83. The highest BCUT2D eigenvalue weighted by atomic mass is 16.5. The van der Waals surface area contributed by atoms with E-state index in [1.165, 1.54) is 7.11 Å². The van der Waals surface area contributed by atoms with E-state index >= 15 is 0 Å². The molecule has 126 valence electrons. The van der Waals surface area contributed by atoms with E-state index in [0.29, 0.717) is 37.3 Å². The lowest BCUT2D eigenvalue weighted by molar-refractivity contribution is -0.146. The van der Waals surface area contributed by atoms with Crippen molar-refractivity contribution in [3.63, 3.8) is 0 Å². The van der Waals surface area contributed by atoms with Gasteiger partial charge in [0, 0.05) is 18.8 Å². The second-order valence-electron chi connectivity index (χ2n) is 5.44. The summed E-state index contributed by atoms with van der Waals surface area (Å²) < 4.78 is 15.0. The first-order valence-corrected chi connectivity index (χ1v) is 7.76. The van der Waals surface area contributed by atoms with Crippen LogP contribution >= 0.6 is 0 Å². The van der Waals surface area contributed by atoms with E-state index in [-0.39, 0.29) is 37.1 Å². The number of methoxy groups -OCH3 is 1. The summed E-state index contributed by atoms with van der Waals surface area (Å²) in [5.74, 6) is -0.00422. The zero-order chi connectivity index (χ0) is 16.8. The Bertz CT molecular complexity index is 591. The van der Waals surface area contributed by atoms with E-state index in [1.807, 2.05) is 0 Å². The van der Waals surface area contributed by atoms with Crippen LogP contribution in [0.1, 0.15) is 43.5 Å². The summed E-state index contributed by atoms with van der Waals surface area (Å²) in [5, 5.41) is 0. The van der Waals surface area contributed by atoms with Crippen molar-refractivity contribution in [1.82, 2.24) is 4.98 Å². The fourth-order valence-electron chi connectivity index (χ4n) is 2.62. The third-order valence-electron chi connectivity index (χ3n) is 3.83. The maximum atomic E-state index is 12.1. The van der Waals surface area contributed by atoms with Crippen molar-refractivity contribution in [2.45, 2.75) is 45.4 Å². The highest BCUT2D eigenvalue weighted by Gasteiger charge is 2.29. The molecule has 0 amide bonds. The third kappa shape index (κ3) is 4.64. The molecule has 0 saturated heterocycles. The predicted molar refractivity (Wildman–Crippen MR) is 78.6 cm³/mol. The van der Waals surface area contributed by atoms with Gasteiger partial charge in [0.1, 0.15) is 18.0 Å². The molecule has 0 aliphatic heterocycles. The molecule has 0 bridgehead atoms. The quantitative estimate of drug-likeness (QED) is 0.553. The van der Waals surface area contributed by atoms with Gasteiger partial charge in [0.15, 0.2) is 5.89 Å². The minimum absolute atomic E-state index is 0.124. The molecule has 1 aromatic heterocycles. The van der Waals surface area contributed by atoms with E-state index in [2.05, 4.69) is 9.72 Å². The Labute approximate surface area is 134 Å². The topological polar surface area (TPSA) is 95.7 Å². The Balaban J connectivity index is 1.92. The zero-order valence-corrected chi connectivity index (χ0v) is 13.4. The maximum absolute atomic E-state index is 12.1. The number of carbonyl (C=O) groups excluding carboxylic acids is 3. The van der Waals surface area contributed by atoms with Crippen LogP contribution in [0.15, 0.2) is 4.42 Å². The monoisotopic (exact) mass is 323 g/mol. The number of hydrogen-bond acceptors (Lipinski definition) is 7. The molecule has 7 nitrogen and oxygen atoms in total. The number of nitrogens with zero attached hydrogens (tertiary/aromatic N) is 1. The summed E-state index contributed by atoms with van der Waals surface area (Å²) >= 11 is 0. The van der Waals surface area contributed by atoms with Gasteiger partial charge < -0.3 is 13.9 Å². The minimum Gasteiger partial charge on any atom is -0.469 e. The highest BCUT2D eigenvalue weighted by molar-refractivity contribution is 5.97. The number of oxazole rings is 1. The van der Waals surface area contributed by atoms with Crippen LogP contribution in [0.5, 0.6) is 0 Å². The van der Waals surface area contributed by atoms with E-state index in [0.717, 1.165) is 5.69 Å². The molecule has 1 heterocycles. The van der Waals surface area contributed by atoms with Crippen LogP contribution in [0.3, 0.4) is 0 Å². The Hall–Kier alpha value is -2.18. The maximum Gasteiger partial charge on any atom is 0.313 e. The fourth-order valence-corrected chi connectivity index (χ4v) is 2.62.